The molecule has 1 amide bonds. The lowest BCUT2D eigenvalue weighted by Gasteiger charge is -2.09. The van der Waals surface area contributed by atoms with E-state index in [2.05, 4.69) is 10.4 Å². The van der Waals surface area contributed by atoms with Crippen LogP contribution in [0.4, 0.5) is 0 Å². The summed E-state index contributed by atoms with van der Waals surface area (Å²) in [4.78, 5) is 23.4. The van der Waals surface area contributed by atoms with Crippen molar-refractivity contribution in [2.45, 2.75) is 19.6 Å². The molecule has 2 rings (SSSR count). The molecule has 0 spiro atoms. The zero-order valence-corrected chi connectivity index (χ0v) is 11.7. The van der Waals surface area contributed by atoms with Gasteiger partial charge in [-0.2, -0.15) is 5.10 Å². The monoisotopic (exact) mass is 287 g/mol. The first-order valence-electron chi connectivity index (χ1n) is 6.64. The predicted octanol–water partition coefficient (Wildman–Crippen LogP) is 0.407. The zero-order chi connectivity index (χ0) is 15.2. The summed E-state index contributed by atoms with van der Waals surface area (Å²) < 4.78 is 1.11. The van der Waals surface area contributed by atoms with E-state index in [1.165, 1.54) is 6.07 Å². The number of aliphatic hydroxyl groups excluding tert-OH is 1. The standard InChI is InChI=1S/C15H17N3O3/c1-11(19)9-16-14(20)10-18-15(21)8-7-13(17-18)12-5-3-2-4-6-12/h2-8,11,19H,9-10H2,1H3,(H,16,20). The fourth-order valence-electron chi connectivity index (χ4n) is 1.78. The fourth-order valence-corrected chi connectivity index (χ4v) is 1.78. The minimum absolute atomic E-state index is 0.145. The quantitative estimate of drug-likeness (QED) is 0.834. The van der Waals surface area contributed by atoms with Crippen molar-refractivity contribution in [1.82, 2.24) is 15.1 Å². The molecule has 21 heavy (non-hydrogen) atoms. The smallest absolute Gasteiger partial charge is 0.267 e. The first-order valence-corrected chi connectivity index (χ1v) is 6.64. The molecule has 1 atom stereocenters. The van der Waals surface area contributed by atoms with Crippen LogP contribution < -0.4 is 10.9 Å². The Labute approximate surface area is 122 Å². The number of aromatic nitrogens is 2. The average Bonchev–Trinajstić information content (AvgIpc) is 2.48. The lowest BCUT2D eigenvalue weighted by Crippen LogP contribution is -2.36. The molecule has 0 aliphatic rings. The highest BCUT2D eigenvalue weighted by Crippen LogP contribution is 2.13. The largest absolute Gasteiger partial charge is 0.392 e. The van der Waals surface area contributed by atoms with E-state index in [4.69, 9.17) is 5.11 Å². The van der Waals surface area contributed by atoms with Gasteiger partial charge in [-0.1, -0.05) is 30.3 Å². The molecule has 110 valence electrons. The van der Waals surface area contributed by atoms with E-state index >= 15 is 0 Å². The van der Waals surface area contributed by atoms with E-state index in [0.717, 1.165) is 10.2 Å². The Balaban J connectivity index is 2.17. The fraction of sp³-hybridized carbons (Fsp3) is 0.267. The molecule has 0 aliphatic carbocycles. The number of carbonyl (C=O) groups is 1. The second kappa shape index (κ2) is 6.81. The Kier molecular flexibility index (Phi) is 4.84. The van der Waals surface area contributed by atoms with Crippen LogP contribution in [0, 0.1) is 0 Å². The van der Waals surface area contributed by atoms with Crippen molar-refractivity contribution in [3.05, 3.63) is 52.8 Å². The molecular formula is C15H17N3O3. The van der Waals surface area contributed by atoms with Gasteiger partial charge in [0.2, 0.25) is 5.91 Å². The van der Waals surface area contributed by atoms with E-state index in [9.17, 15) is 9.59 Å². The van der Waals surface area contributed by atoms with Crippen molar-refractivity contribution in [2.75, 3.05) is 6.54 Å². The highest BCUT2D eigenvalue weighted by Gasteiger charge is 2.08. The van der Waals surface area contributed by atoms with E-state index in [1.54, 1.807) is 13.0 Å². The van der Waals surface area contributed by atoms with Crippen LogP contribution in [-0.2, 0) is 11.3 Å². The van der Waals surface area contributed by atoms with Crippen LogP contribution in [0.25, 0.3) is 11.3 Å². The van der Waals surface area contributed by atoms with Crippen molar-refractivity contribution in [1.29, 1.82) is 0 Å². The van der Waals surface area contributed by atoms with Gasteiger partial charge in [0.25, 0.3) is 5.56 Å². The Hall–Kier alpha value is -2.47. The van der Waals surface area contributed by atoms with Gasteiger partial charge in [0.05, 0.1) is 11.8 Å². The third kappa shape index (κ3) is 4.25. The van der Waals surface area contributed by atoms with Gasteiger partial charge in [0.1, 0.15) is 6.54 Å². The topological polar surface area (TPSA) is 84.2 Å². The number of nitrogens with one attached hydrogen (secondary N) is 1. The van der Waals surface area contributed by atoms with Gasteiger partial charge < -0.3 is 10.4 Å². The zero-order valence-electron chi connectivity index (χ0n) is 11.7. The highest BCUT2D eigenvalue weighted by atomic mass is 16.3. The van der Waals surface area contributed by atoms with E-state index in [-0.39, 0.29) is 24.6 Å². The van der Waals surface area contributed by atoms with Crippen molar-refractivity contribution in [2.24, 2.45) is 0 Å². The van der Waals surface area contributed by atoms with Gasteiger partial charge in [-0.3, -0.25) is 9.59 Å². The van der Waals surface area contributed by atoms with Gasteiger partial charge in [-0.05, 0) is 13.0 Å². The summed E-state index contributed by atoms with van der Waals surface area (Å²) in [6.07, 6.45) is -0.630. The number of hydrogen-bond donors (Lipinski definition) is 2. The number of benzene rings is 1. The molecule has 2 N–H and O–H groups in total. The Bertz CT molecular complexity index is 665. The van der Waals surface area contributed by atoms with Gasteiger partial charge in [-0.25, -0.2) is 4.68 Å². The summed E-state index contributed by atoms with van der Waals surface area (Å²) in [5.74, 6) is -0.365. The molecule has 0 aliphatic heterocycles. The molecule has 0 bridgehead atoms. The number of rotatable bonds is 5. The summed E-state index contributed by atoms with van der Waals surface area (Å²) in [5, 5.41) is 15.8. The number of amides is 1. The summed E-state index contributed by atoms with van der Waals surface area (Å²) in [6.45, 7) is 1.54. The maximum atomic E-state index is 11.7. The molecule has 0 fully saturated rings. The maximum Gasteiger partial charge on any atom is 0.267 e. The molecule has 1 aromatic carbocycles. The predicted molar refractivity (Wildman–Crippen MR) is 78.6 cm³/mol. The molecule has 1 heterocycles. The molecule has 6 heteroatoms. The summed E-state index contributed by atoms with van der Waals surface area (Å²) >= 11 is 0. The van der Waals surface area contributed by atoms with E-state index in [0.29, 0.717) is 5.69 Å². The minimum atomic E-state index is -0.630. The normalized spacial score (nSPS) is 11.9. The van der Waals surface area contributed by atoms with E-state index < -0.39 is 6.10 Å². The molecule has 0 radical (unpaired) electrons. The third-order valence-corrected chi connectivity index (χ3v) is 2.82. The summed E-state index contributed by atoms with van der Waals surface area (Å²) in [7, 11) is 0. The van der Waals surface area contributed by atoms with Crippen molar-refractivity contribution < 1.29 is 9.90 Å². The van der Waals surface area contributed by atoms with Gasteiger partial charge in [0.15, 0.2) is 0 Å². The van der Waals surface area contributed by atoms with Crippen molar-refractivity contribution >= 4 is 5.91 Å². The molecule has 0 saturated carbocycles. The van der Waals surface area contributed by atoms with Crippen LogP contribution in [0.3, 0.4) is 0 Å². The van der Waals surface area contributed by atoms with Gasteiger partial charge in [0, 0.05) is 18.2 Å². The van der Waals surface area contributed by atoms with Crippen LogP contribution in [0.15, 0.2) is 47.3 Å². The highest BCUT2D eigenvalue weighted by molar-refractivity contribution is 5.75. The first kappa shape index (κ1) is 14.9. The molecule has 6 nitrogen and oxygen atoms in total. The second-order valence-corrected chi connectivity index (χ2v) is 4.73. The van der Waals surface area contributed by atoms with Crippen LogP contribution in [-0.4, -0.2) is 33.4 Å². The van der Waals surface area contributed by atoms with Crippen LogP contribution in [0.5, 0.6) is 0 Å². The Morgan fingerprint density at radius 2 is 2.00 bits per heavy atom. The number of aliphatic hydroxyl groups is 1. The number of nitrogens with zero attached hydrogens (tertiary/aromatic N) is 2. The van der Waals surface area contributed by atoms with Gasteiger partial charge >= 0.3 is 0 Å². The van der Waals surface area contributed by atoms with E-state index in [1.807, 2.05) is 30.3 Å². The minimum Gasteiger partial charge on any atom is -0.392 e. The van der Waals surface area contributed by atoms with Crippen LogP contribution >= 0.6 is 0 Å². The van der Waals surface area contributed by atoms with Crippen molar-refractivity contribution in [3.8, 4) is 11.3 Å². The third-order valence-electron chi connectivity index (χ3n) is 2.82. The lowest BCUT2D eigenvalue weighted by atomic mass is 10.1. The maximum absolute atomic E-state index is 11.7. The van der Waals surface area contributed by atoms with Crippen molar-refractivity contribution in [3.63, 3.8) is 0 Å². The SMILES string of the molecule is CC(O)CNC(=O)Cn1nc(-c2ccccc2)ccc1=O. The molecule has 0 saturated heterocycles. The Morgan fingerprint density at radius 3 is 2.67 bits per heavy atom. The van der Waals surface area contributed by atoms with Crippen LogP contribution in [0.2, 0.25) is 0 Å². The molecule has 1 unspecified atom stereocenters. The number of hydrogen-bond acceptors (Lipinski definition) is 4. The molecular weight excluding hydrogens is 270 g/mol. The molecule has 2 aromatic rings. The summed E-state index contributed by atoms with van der Waals surface area (Å²) in [6, 6.07) is 12.4. The first-order chi connectivity index (χ1) is 10.1. The second-order valence-electron chi connectivity index (χ2n) is 4.73. The Morgan fingerprint density at radius 1 is 1.29 bits per heavy atom. The lowest BCUT2D eigenvalue weighted by molar-refractivity contribution is -0.122. The number of carbonyl (C=O) groups excluding carboxylic acids is 1. The average molecular weight is 287 g/mol. The summed E-state index contributed by atoms with van der Waals surface area (Å²) in [5.41, 5.74) is 1.15. The molecule has 1 aromatic heterocycles. The van der Waals surface area contributed by atoms with Crippen LogP contribution in [0.1, 0.15) is 6.92 Å². The van der Waals surface area contributed by atoms with Gasteiger partial charge in [-0.15, -0.1) is 0 Å².